The van der Waals surface area contributed by atoms with E-state index in [-0.39, 0.29) is 5.75 Å². The van der Waals surface area contributed by atoms with Crippen LogP contribution in [0.3, 0.4) is 0 Å². The molecular formula is C22H19N3O. The van der Waals surface area contributed by atoms with Crippen molar-refractivity contribution in [1.29, 1.82) is 0 Å². The zero-order valence-corrected chi connectivity index (χ0v) is 14.7. The average Bonchev–Trinajstić information content (AvgIpc) is 2.65. The molecule has 1 heterocycles. The first-order valence-electron chi connectivity index (χ1n) is 8.51. The van der Waals surface area contributed by atoms with E-state index in [9.17, 15) is 5.11 Å². The minimum atomic E-state index is 0.235. The standard InChI is InChI=1S/C22H19N3O/c1-14-7-12-20(15(2)13-14)23-22-19-6-4-3-5-18(19)21(24-25-22)16-8-10-17(26)11-9-16/h3-13,26H,1-2H3,(H,23,25). The van der Waals surface area contributed by atoms with Crippen LogP contribution in [0.2, 0.25) is 0 Å². The molecule has 0 bridgehead atoms. The minimum Gasteiger partial charge on any atom is -0.508 e. The molecule has 128 valence electrons. The lowest BCUT2D eigenvalue weighted by Crippen LogP contribution is -2.00. The van der Waals surface area contributed by atoms with Gasteiger partial charge < -0.3 is 10.4 Å². The number of aryl methyl sites for hydroxylation is 2. The summed E-state index contributed by atoms with van der Waals surface area (Å²) < 4.78 is 0. The van der Waals surface area contributed by atoms with Gasteiger partial charge in [0.25, 0.3) is 0 Å². The van der Waals surface area contributed by atoms with Gasteiger partial charge in [-0.1, -0.05) is 42.0 Å². The highest BCUT2D eigenvalue weighted by Crippen LogP contribution is 2.32. The van der Waals surface area contributed by atoms with E-state index in [1.165, 1.54) is 11.1 Å². The van der Waals surface area contributed by atoms with Gasteiger partial charge in [0.05, 0.1) is 0 Å². The highest BCUT2D eigenvalue weighted by Gasteiger charge is 2.11. The molecule has 0 fully saturated rings. The Morgan fingerprint density at radius 1 is 0.808 bits per heavy atom. The van der Waals surface area contributed by atoms with E-state index in [1.54, 1.807) is 12.1 Å². The summed E-state index contributed by atoms with van der Waals surface area (Å²) in [5, 5.41) is 23.9. The predicted molar refractivity (Wildman–Crippen MR) is 106 cm³/mol. The molecule has 0 atom stereocenters. The first-order valence-corrected chi connectivity index (χ1v) is 8.51. The van der Waals surface area contributed by atoms with Crippen LogP contribution in [0.1, 0.15) is 11.1 Å². The fourth-order valence-corrected chi connectivity index (χ4v) is 3.11. The van der Waals surface area contributed by atoms with Crippen LogP contribution in [0.15, 0.2) is 66.7 Å². The molecule has 2 N–H and O–H groups in total. The third-order valence-corrected chi connectivity index (χ3v) is 4.46. The summed E-state index contributed by atoms with van der Waals surface area (Å²) in [6.45, 7) is 4.16. The van der Waals surface area contributed by atoms with Gasteiger partial charge in [-0.05, 0) is 49.7 Å². The van der Waals surface area contributed by atoms with Crippen molar-refractivity contribution in [3.05, 3.63) is 77.9 Å². The number of nitrogens with zero attached hydrogens (tertiary/aromatic N) is 2. The van der Waals surface area contributed by atoms with Crippen molar-refractivity contribution in [2.75, 3.05) is 5.32 Å². The average molecular weight is 341 g/mol. The molecule has 4 rings (SSSR count). The van der Waals surface area contributed by atoms with E-state index in [4.69, 9.17) is 0 Å². The maximum Gasteiger partial charge on any atom is 0.161 e. The molecule has 0 aliphatic heterocycles. The van der Waals surface area contributed by atoms with Crippen molar-refractivity contribution in [3.8, 4) is 17.0 Å². The number of benzene rings is 3. The Morgan fingerprint density at radius 2 is 1.54 bits per heavy atom. The van der Waals surface area contributed by atoms with Gasteiger partial charge in [-0.25, -0.2) is 0 Å². The normalized spacial score (nSPS) is 10.8. The Labute approximate surface area is 152 Å². The second-order valence-corrected chi connectivity index (χ2v) is 6.43. The molecule has 0 saturated carbocycles. The molecule has 0 aliphatic carbocycles. The van der Waals surface area contributed by atoms with Gasteiger partial charge in [0.15, 0.2) is 5.82 Å². The number of aromatic hydroxyl groups is 1. The largest absolute Gasteiger partial charge is 0.508 e. The molecule has 4 nitrogen and oxygen atoms in total. The van der Waals surface area contributed by atoms with Crippen LogP contribution >= 0.6 is 0 Å². The van der Waals surface area contributed by atoms with Crippen molar-refractivity contribution in [2.24, 2.45) is 0 Å². The van der Waals surface area contributed by atoms with E-state index in [0.717, 1.165) is 33.5 Å². The zero-order chi connectivity index (χ0) is 18.1. The van der Waals surface area contributed by atoms with Crippen molar-refractivity contribution in [1.82, 2.24) is 10.2 Å². The molecule has 0 unspecified atom stereocenters. The number of hydrogen-bond acceptors (Lipinski definition) is 4. The highest BCUT2D eigenvalue weighted by molar-refractivity contribution is 6.00. The van der Waals surface area contributed by atoms with Gasteiger partial charge in [-0.3, -0.25) is 0 Å². The van der Waals surface area contributed by atoms with Crippen LogP contribution in [-0.4, -0.2) is 15.3 Å². The fourth-order valence-electron chi connectivity index (χ4n) is 3.11. The molecule has 0 radical (unpaired) electrons. The summed E-state index contributed by atoms with van der Waals surface area (Å²) in [5.74, 6) is 0.967. The van der Waals surface area contributed by atoms with E-state index < -0.39 is 0 Å². The Bertz CT molecular complexity index is 1090. The summed E-state index contributed by atoms with van der Waals surface area (Å²) in [6, 6.07) is 21.4. The molecule has 0 spiro atoms. The van der Waals surface area contributed by atoms with Crippen molar-refractivity contribution >= 4 is 22.3 Å². The fraction of sp³-hybridized carbons (Fsp3) is 0.0909. The van der Waals surface area contributed by atoms with Gasteiger partial charge in [0.2, 0.25) is 0 Å². The van der Waals surface area contributed by atoms with Gasteiger partial charge in [0.1, 0.15) is 11.4 Å². The van der Waals surface area contributed by atoms with Crippen LogP contribution in [0.5, 0.6) is 5.75 Å². The zero-order valence-electron chi connectivity index (χ0n) is 14.7. The van der Waals surface area contributed by atoms with Crippen LogP contribution in [0.25, 0.3) is 22.0 Å². The summed E-state index contributed by atoms with van der Waals surface area (Å²) in [7, 11) is 0. The number of hydrogen-bond donors (Lipinski definition) is 2. The number of nitrogens with one attached hydrogen (secondary N) is 1. The Hall–Kier alpha value is -3.40. The molecular weight excluding hydrogens is 322 g/mol. The predicted octanol–water partition coefficient (Wildman–Crippen LogP) is 5.36. The summed E-state index contributed by atoms with van der Waals surface area (Å²) in [4.78, 5) is 0. The summed E-state index contributed by atoms with van der Waals surface area (Å²) >= 11 is 0. The first kappa shape index (κ1) is 16.1. The number of fused-ring (bicyclic) bond motifs is 1. The quantitative estimate of drug-likeness (QED) is 0.526. The lowest BCUT2D eigenvalue weighted by molar-refractivity contribution is 0.475. The molecule has 0 aliphatic rings. The molecule has 26 heavy (non-hydrogen) atoms. The Morgan fingerprint density at radius 3 is 2.27 bits per heavy atom. The smallest absolute Gasteiger partial charge is 0.161 e. The number of phenols is 1. The van der Waals surface area contributed by atoms with Gasteiger partial charge in [0, 0.05) is 22.0 Å². The van der Waals surface area contributed by atoms with Crippen LogP contribution in [0.4, 0.5) is 11.5 Å². The van der Waals surface area contributed by atoms with Gasteiger partial charge in [-0.15, -0.1) is 10.2 Å². The highest BCUT2D eigenvalue weighted by atomic mass is 16.3. The number of phenolic OH excluding ortho intramolecular Hbond substituents is 1. The molecule has 1 aromatic heterocycles. The van der Waals surface area contributed by atoms with Crippen molar-refractivity contribution < 1.29 is 5.11 Å². The van der Waals surface area contributed by atoms with Crippen LogP contribution in [0, 0.1) is 13.8 Å². The third-order valence-electron chi connectivity index (χ3n) is 4.46. The SMILES string of the molecule is Cc1ccc(Nc2nnc(-c3ccc(O)cc3)c3ccccc23)c(C)c1. The van der Waals surface area contributed by atoms with E-state index in [2.05, 4.69) is 47.6 Å². The second kappa shape index (κ2) is 6.48. The minimum absolute atomic E-state index is 0.235. The van der Waals surface area contributed by atoms with E-state index in [0.29, 0.717) is 0 Å². The molecule has 0 amide bonds. The first-order chi connectivity index (χ1) is 12.6. The van der Waals surface area contributed by atoms with Crippen molar-refractivity contribution in [2.45, 2.75) is 13.8 Å². The van der Waals surface area contributed by atoms with E-state index in [1.807, 2.05) is 36.4 Å². The van der Waals surface area contributed by atoms with Gasteiger partial charge in [-0.2, -0.15) is 0 Å². The number of rotatable bonds is 3. The maximum absolute atomic E-state index is 9.52. The monoisotopic (exact) mass is 341 g/mol. The second-order valence-electron chi connectivity index (χ2n) is 6.43. The molecule has 3 aromatic carbocycles. The molecule has 4 heteroatoms. The summed E-state index contributed by atoms with van der Waals surface area (Å²) in [6.07, 6.45) is 0. The number of aromatic nitrogens is 2. The van der Waals surface area contributed by atoms with Gasteiger partial charge >= 0.3 is 0 Å². The van der Waals surface area contributed by atoms with Crippen LogP contribution in [-0.2, 0) is 0 Å². The molecule has 4 aromatic rings. The van der Waals surface area contributed by atoms with Crippen LogP contribution < -0.4 is 5.32 Å². The lowest BCUT2D eigenvalue weighted by atomic mass is 10.0. The Kier molecular flexibility index (Phi) is 4.01. The number of anilines is 2. The topological polar surface area (TPSA) is 58.0 Å². The Balaban J connectivity index is 1.83. The van der Waals surface area contributed by atoms with E-state index >= 15 is 0 Å². The molecule has 0 saturated heterocycles. The lowest BCUT2D eigenvalue weighted by Gasteiger charge is -2.13. The maximum atomic E-state index is 9.52. The summed E-state index contributed by atoms with van der Waals surface area (Å²) in [5.41, 5.74) is 5.13. The third kappa shape index (κ3) is 2.97. The van der Waals surface area contributed by atoms with Crippen molar-refractivity contribution in [3.63, 3.8) is 0 Å².